The molecule has 2 aliphatic heterocycles. The van der Waals surface area contributed by atoms with Crippen molar-refractivity contribution < 1.29 is 53.1 Å². The van der Waals surface area contributed by atoms with E-state index in [9.17, 15) is 29.4 Å². The third kappa shape index (κ3) is 5.06. The average Bonchev–Trinajstić information content (AvgIpc) is 3.29. The van der Waals surface area contributed by atoms with Gasteiger partial charge in [-0.3, -0.25) is 9.59 Å². The van der Waals surface area contributed by atoms with Crippen LogP contribution in [0.25, 0.3) is 0 Å². The van der Waals surface area contributed by atoms with Crippen molar-refractivity contribution in [2.75, 3.05) is 13.6 Å². The van der Waals surface area contributed by atoms with Crippen LogP contribution in [0, 0.1) is 5.92 Å². The first-order valence-corrected chi connectivity index (χ1v) is 14.9. The van der Waals surface area contributed by atoms with Gasteiger partial charge in [0.2, 0.25) is 6.10 Å². The van der Waals surface area contributed by atoms with Gasteiger partial charge in [-0.2, -0.15) is 0 Å². The van der Waals surface area contributed by atoms with Gasteiger partial charge in [-0.1, -0.05) is 12.1 Å². The van der Waals surface area contributed by atoms with Crippen molar-refractivity contribution in [1.82, 2.24) is 4.90 Å². The van der Waals surface area contributed by atoms with Gasteiger partial charge in [0.1, 0.15) is 23.0 Å². The van der Waals surface area contributed by atoms with E-state index in [0.717, 1.165) is 18.1 Å². The lowest BCUT2D eigenvalue weighted by molar-refractivity contribution is -0.186. The van der Waals surface area contributed by atoms with Crippen LogP contribution in [0.2, 0.25) is 0 Å². The van der Waals surface area contributed by atoms with Gasteiger partial charge in [0.25, 0.3) is 0 Å². The maximum absolute atomic E-state index is 13.3. The highest BCUT2D eigenvalue weighted by Crippen LogP contribution is 2.64. The van der Waals surface area contributed by atoms with E-state index in [-0.39, 0.29) is 24.8 Å². The lowest BCUT2D eigenvalue weighted by Crippen LogP contribution is -2.74. The SMILES string of the molecule is CC(=O)O[C@@H](C(=O)O[C@@H](C)C(=O)OC1=CC[C@@]2(O)[C@H]3Cc4ccc(CO)c5c4[C@@]2(CCN3C)[C@H]1O5)[C@@H](C)C(=O)OC(C)(C)C. The van der Waals surface area contributed by atoms with E-state index in [2.05, 4.69) is 4.90 Å². The quantitative estimate of drug-likeness (QED) is 0.323. The van der Waals surface area contributed by atoms with Gasteiger partial charge in [-0.25, -0.2) is 9.59 Å². The summed E-state index contributed by atoms with van der Waals surface area (Å²) in [5, 5.41) is 22.4. The molecule has 2 heterocycles. The summed E-state index contributed by atoms with van der Waals surface area (Å²) < 4.78 is 28.0. The number of esters is 4. The second-order valence-corrected chi connectivity index (χ2v) is 13.3. The lowest BCUT2D eigenvalue weighted by Gasteiger charge is -2.61. The van der Waals surface area contributed by atoms with Crippen molar-refractivity contribution in [1.29, 1.82) is 0 Å². The molecule has 240 valence electrons. The van der Waals surface area contributed by atoms with Gasteiger partial charge in [0.05, 0.1) is 17.6 Å². The van der Waals surface area contributed by atoms with Crippen LogP contribution >= 0.6 is 0 Å². The van der Waals surface area contributed by atoms with Crippen LogP contribution in [0.4, 0.5) is 0 Å². The first kappa shape index (κ1) is 31.9. The second kappa shape index (κ2) is 11.1. The number of piperidine rings is 1. The molecule has 12 nitrogen and oxygen atoms in total. The van der Waals surface area contributed by atoms with Gasteiger partial charge < -0.3 is 38.8 Å². The van der Waals surface area contributed by atoms with Crippen LogP contribution in [0.15, 0.2) is 24.0 Å². The normalized spacial score (nSPS) is 28.8. The Bertz CT molecular complexity index is 1410. The van der Waals surface area contributed by atoms with E-state index in [4.69, 9.17) is 23.7 Å². The number of ether oxygens (including phenoxy) is 5. The molecule has 44 heavy (non-hydrogen) atoms. The van der Waals surface area contributed by atoms with Gasteiger partial charge in [-0.05, 0) is 72.7 Å². The molecule has 1 fully saturated rings. The summed E-state index contributed by atoms with van der Waals surface area (Å²) in [5.41, 5.74) is -0.518. The van der Waals surface area contributed by atoms with E-state index in [1.807, 2.05) is 19.2 Å². The molecule has 7 atom stereocenters. The van der Waals surface area contributed by atoms with Gasteiger partial charge in [0, 0.05) is 30.5 Å². The van der Waals surface area contributed by atoms with E-state index in [1.165, 1.54) is 13.8 Å². The molecule has 2 aliphatic carbocycles. The molecule has 2 bridgehead atoms. The van der Waals surface area contributed by atoms with Gasteiger partial charge in [-0.15, -0.1) is 0 Å². The number of likely N-dealkylation sites (tertiary alicyclic amines) is 1. The molecule has 0 aromatic heterocycles. The highest BCUT2D eigenvalue weighted by Gasteiger charge is 2.72. The van der Waals surface area contributed by atoms with Crippen molar-refractivity contribution in [3.8, 4) is 5.75 Å². The zero-order valence-corrected chi connectivity index (χ0v) is 26.2. The van der Waals surface area contributed by atoms with E-state index in [0.29, 0.717) is 30.7 Å². The smallest absolute Gasteiger partial charge is 0.352 e. The Labute approximate surface area is 256 Å². The monoisotopic (exact) mass is 615 g/mol. The number of likely N-dealkylation sites (N-methyl/N-ethyl adjacent to an activating group) is 1. The second-order valence-electron chi connectivity index (χ2n) is 13.3. The Morgan fingerprint density at radius 2 is 1.82 bits per heavy atom. The largest absolute Gasteiger partial charge is 0.481 e. The summed E-state index contributed by atoms with van der Waals surface area (Å²) >= 11 is 0. The Kier molecular flexibility index (Phi) is 8.09. The number of hydrogen-bond acceptors (Lipinski definition) is 12. The minimum atomic E-state index is -1.65. The van der Waals surface area contributed by atoms with Crippen LogP contribution in [-0.2, 0) is 56.6 Å². The number of aliphatic hydroxyl groups is 2. The zero-order valence-electron chi connectivity index (χ0n) is 26.2. The Morgan fingerprint density at radius 3 is 2.45 bits per heavy atom. The first-order chi connectivity index (χ1) is 20.5. The van der Waals surface area contributed by atoms with Crippen LogP contribution in [0.5, 0.6) is 5.75 Å². The number of rotatable bonds is 8. The highest BCUT2D eigenvalue weighted by molar-refractivity contribution is 5.87. The molecule has 0 saturated carbocycles. The number of benzene rings is 1. The van der Waals surface area contributed by atoms with Crippen LogP contribution in [-0.4, -0.2) is 88.1 Å². The molecule has 12 heteroatoms. The molecule has 0 amide bonds. The van der Waals surface area contributed by atoms with Gasteiger partial charge >= 0.3 is 23.9 Å². The molecule has 1 aromatic carbocycles. The first-order valence-electron chi connectivity index (χ1n) is 14.9. The van der Waals surface area contributed by atoms with Crippen molar-refractivity contribution in [2.24, 2.45) is 5.92 Å². The summed E-state index contributed by atoms with van der Waals surface area (Å²) in [6, 6.07) is 3.59. The van der Waals surface area contributed by atoms with Crippen molar-refractivity contribution in [3.63, 3.8) is 0 Å². The van der Waals surface area contributed by atoms with E-state index in [1.54, 1.807) is 26.8 Å². The fourth-order valence-corrected chi connectivity index (χ4v) is 7.17. The molecule has 5 rings (SSSR count). The van der Waals surface area contributed by atoms with Crippen molar-refractivity contribution >= 4 is 23.9 Å². The number of nitrogens with zero attached hydrogens (tertiary/aromatic N) is 1. The Hall–Kier alpha value is -3.48. The maximum Gasteiger partial charge on any atom is 0.352 e. The molecule has 1 saturated heterocycles. The maximum atomic E-state index is 13.3. The third-order valence-electron chi connectivity index (χ3n) is 9.23. The van der Waals surface area contributed by atoms with Crippen LogP contribution in [0.1, 0.15) is 71.1 Å². The standard InChI is InChI=1S/C32H41NO11/c1-16(27(36)44-30(4,5)6)24(41-18(3)35)29(38)40-17(2)28(37)42-21-10-11-32(39)22-14-19-8-9-20(15-34)25-23(19)31(32,26(21)43-25)12-13-33(22)7/h8-10,16-17,22,24,26,34,39H,11-15H2,1-7H3/t16-,17+,22-,24-,26+,31+,32-/m1/s1. The average molecular weight is 616 g/mol. The number of aliphatic hydroxyl groups excluding tert-OH is 1. The minimum absolute atomic E-state index is 0.178. The van der Waals surface area contributed by atoms with Crippen molar-refractivity contribution in [2.45, 2.75) is 108 Å². The van der Waals surface area contributed by atoms with Crippen molar-refractivity contribution in [3.05, 3.63) is 40.7 Å². The van der Waals surface area contributed by atoms with E-state index < -0.39 is 64.7 Å². The Balaban J connectivity index is 1.37. The number of carbonyl (C=O) groups is 4. The molecule has 0 radical (unpaired) electrons. The van der Waals surface area contributed by atoms with E-state index >= 15 is 0 Å². The minimum Gasteiger partial charge on any atom is -0.481 e. The molecular formula is C32H41NO11. The summed E-state index contributed by atoms with van der Waals surface area (Å²) in [7, 11) is 1.98. The Morgan fingerprint density at radius 1 is 1.11 bits per heavy atom. The molecule has 1 spiro atoms. The molecule has 4 aliphatic rings. The zero-order chi connectivity index (χ0) is 32.4. The molecule has 1 aromatic rings. The summed E-state index contributed by atoms with van der Waals surface area (Å²) in [6.45, 7) is 9.15. The molecular weight excluding hydrogens is 574 g/mol. The fourth-order valence-electron chi connectivity index (χ4n) is 7.17. The highest BCUT2D eigenvalue weighted by atomic mass is 16.6. The fraction of sp³-hybridized carbons (Fsp3) is 0.625. The number of hydrogen-bond donors (Lipinski definition) is 2. The predicted octanol–water partition coefficient (Wildman–Crippen LogP) is 1.84. The topological polar surface area (TPSA) is 158 Å². The predicted molar refractivity (Wildman–Crippen MR) is 153 cm³/mol. The van der Waals surface area contributed by atoms with Crippen LogP contribution in [0.3, 0.4) is 0 Å². The molecule has 2 N–H and O–H groups in total. The van der Waals surface area contributed by atoms with Gasteiger partial charge in [0.15, 0.2) is 12.2 Å². The third-order valence-corrected chi connectivity index (χ3v) is 9.23. The summed E-state index contributed by atoms with van der Waals surface area (Å²) in [5.74, 6) is -4.16. The molecule has 0 unspecified atom stereocenters. The summed E-state index contributed by atoms with van der Waals surface area (Å²) in [6.07, 6.45) is -0.975. The number of carbonyl (C=O) groups excluding carboxylic acids is 4. The lowest BCUT2D eigenvalue weighted by atomic mass is 9.50. The van der Waals surface area contributed by atoms with Crippen LogP contribution < -0.4 is 4.74 Å². The summed E-state index contributed by atoms with van der Waals surface area (Å²) in [4.78, 5) is 52.9.